The molecule has 1 saturated heterocycles. The summed E-state index contributed by atoms with van der Waals surface area (Å²) < 4.78 is 13.9. The number of halogens is 2. The summed E-state index contributed by atoms with van der Waals surface area (Å²) in [5.41, 5.74) is 2.61. The molecule has 1 N–H and O–H groups in total. The minimum Gasteiger partial charge on any atom is -0.371 e. The van der Waals surface area contributed by atoms with Crippen molar-refractivity contribution in [3.8, 4) is 0 Å². The van der Waals surface area contributed by atoms with Crippen molar-refractivity contribution >= 4 is 23.2 Å². The third-order valence-electron chi connectivity index (χ3n) is 5.16. The van der Waals surface area contributed by atoms with Crippen LogP contribution in [0.5, 0.6) is 0 Å². The Kier molecular flexibility index (Phi) is 6.38. The molecule has 1 aliphatic rings. The zero-order valence-corrected chi connectivity index (χ0v) is 16.6. The average Bonchev–Trinajstić information content (AvgIpc) is 2.64. The standard InChI is InChI=1S/C22H26ClFN2O/c1-15-4-3-11-26(14-15)20-9-6-17(7-10-20)16(2)25-22(27)12-18-5-8-19(23)13-21(18)24/h5-10,13,15-16H,3-4,11-12,14H2,1-2H3,(H,25,27)/t15-,16-/m1/s1. The molecule has 2 atom stereocenters. The van der Waals surface area contributed by atoms with Crippen LogP contribution in [0, 0.1) is 11.7 Å². The summed E-state index contributed by atoms with van der Waals surface area (Å²) in [6.45, 7) is 6.43. The quantitative estimate of drug-likeness (QED) is 0.769. The number of carbonyl (C=O) groups excluding carboxylic acids is 1. The zero-order chi connectivity index (χ0) is 19.4. The van der Waals surface area contributed by atoms with Crippen LogP contribution < -0.4 is 10.2 Å². The molecule has 0 aromatic heterocycles. The van der Waals surface area contributed by atoms with Crippen LogP contribution in [0.2, 0.25) is 5.02 Å². The van der Waals surface area contributed by atoms with E-state index in [0.717, 1.165) is 24.6 Å². The van der Waals surface area contributed by atoms with Gasteiger partial charge in [0.1, 0.15) is 5.82 Å². The fourth-order valence-corrected chi connectivity index (χ4v) is 3.77. The third kappa shape index (κ3) is 5.23. The molecule has 2 aromatic rings. The van der Waals surface area contributed by atoms with E-state index in [1.807, 2.05) is 6.92 Å². The van der Waals surface area contributed by atoms with Crippen LogP contribution in [0.1, 0.15) is 43.9 Å². The van der Waals surface area contributed by atoms with Crippen LogP contribution in [0.15, 0.2) is 42.5 Å². The van der Waals surface area contributed by atoms with E-state index in [-0.39, 0.29) is 18.4 Å². The molecule has 5 heteroatoms. The summed E-state index contributed by atoms with van der Waals surface area (Å²) >= 11 is 5.75. The lowest BCUT2D eigenvalue weighted by Gasteiger charge is -2.33. The first-order valence-electron chi connectivity index (χ1n) is 9.50. The number of anilines is 1. The van der Waals surface area contributed by atoms with Gasteiger partial charge in [-0.05, 0) is 61.1 Å². The highest BCUT2D eigenvalue weighted by Gasteiger charge is 2.17. The first-order valence-corrected chi connectivity index (χ1v) is 9.88. The fraction of sp³-hybridized carbons (Fsp3) is 0.409. The predicted octanol–water partition coefficient (Wildman–Crippen LogP) is 5.14. The number of hydrogen-bond donors (Lipinski definition) is 1. The molecule has 0 bridgehead atoms. The largest absolute Gasteiger partial charge is 0.371 e. The van der Waals surface area contributed by atoms with Crippen LogP contribution >= 0.6 is 11.6 Å². The smallest absolute Gasteiger partial charge is 0.225 e. The summed E-state index contributed by atoms with van der Waals surface area (Å²) in [7, 11) is 0. The van der Waals surface area contributed by atoms with Gasteiger partial charge in [0.25, 0.3) is 0 Å². The van der Waals surface area contributed by atoms with Crippen LogP contribution in [0.3, 0.4) is 0 Å². The zero-order valence-electron chi connectivity index (χ0n) is 15.8. The van der Waals surface area contributed by atoms with Crippen LogP contribution in [-0.2, 0) is 11.2 Å². The molecule has 1 aliphatic heterocycles. The molecule has 3 rings (SSSR count). The van der Waals surface area contributed by atoms with E-state index in [1.165, 1.54) is 24.6 Å². The van der Waals surface area contributed by atoms with Crippen LogP contribution in [-0.4, -0.2) is 19.0 Å². The first-order chi connectivity index (χ1) is 12.9. The number of hydrogen-bond acceptors (Lipinski definition) is 2. The van der Waals surface area contributed by atoms with Crippen molar-refractivity contribution < 1.29 is 9.18 Å². The van der Waals surface area contributed by atoms with Gasteiger partial charge in [0.05, 0.1) is 12.5 Å². The SMILES string of the molecule is C[C@@H]1CCCN(c2ccc([C@@H](C)NC(=O)Cc3ccc(Cl)cc3F)cc2)C1. The third-order valence-corrected chi connectivity index (χ3v) is 5.39. The van der Waals surface area contributed by atoms with Gasteiger partial charge in [0.2, 0.25) is 5.91 Å². The van der Waals surface area contributed by atoms with Crippen molar-refractivity contribution in [1.29, 1.82) is 0 Å². The van der Waals surface area contributed by atoms with E-state index in [0.29, 0.717) is 10.6 Å². The highest BCUT2D eigenvalue weighted by atomic mass is 35.5. The lowest BCUT2D eigenvalue weighted by atomic mass is 9.99. The van der Waals surface area contributed by atoms with E-state index in [2.05, 4.69) is 41.4 Å². The van der Waals surface area contributed by atoms with Crippen molar-refractivity contribution in [1.82, 2.24) is 5.32 Å². The highest BCUT2D eigenvalue weighted by Crippen LogP contribution is 2.24. The fourth-order valence-electron chi connectivity index (χ4n) is 3.61. The van der Waals surface area contributed by atoms with Gasteiger partial charge in [0.15, 0.2) is 0 Å². The topological polar surface area (TPSA) is 32.3 Å². The minimum absolute atomic E-state index is 0.00288. The van der Waals surface area contributed by atoms with Gasteiger partial charge in [0, 0.05) is 23.8 Å². The maximum absolute atomic E-state index is 13.9. The van der Waals surface area contributed by atoms with E-state index in [9.17, 15) is 9.18 Å². The maximum atomic E-state index is 13.9. The molecule has 27 heavy (non-hydrogen) atoms. The summed E-state index contributed by atoms with van der Waals surface area (Å²) in [4.78, 5) is 14.7. The molecule has 0 unspecified atom stereocenters. The number of nitrogens with one attached hydrogen (secondary N) is 1. The van der Waals surface area contributed by atoms with Gasteiger partial charge in [-0.25, -0.2) is 4.39 Å². The molecule has 0 radical (unpaired) electrons. The minimum atomic E-state index is -0.453. The van der Waals surface area contributed by atoms with Gasteiger partial charge < -0.3 is 10.2 Å². The lowest BCUT2D eigenvalue weighted by molar-refractivity contribution is -0.121. The van der Waals surface area contributed by atoms with Crippen LogP contribution in [0.25, 0.3) is 0 Å². The molecule has 1 amide bonds. The highest BCUT2D eigenvalue weighted by molar-refractivity contribution is 6.30. The predicted molar refractivity (Wildman–Crippen MR) is 109 cm³/mol. The number of nitrogens with zero attached hydrogens (tertiary/aromatic N) is 1. The molecule has 0 spiro atoms. The molecular weight excluding hydrogens is 363 g/mol. The second-order valence-electron chi connectivity index (χ2n) is 7.49. The molecular formula is C22H26ClFN2O. The van der Waals surface area contributed by atoms with Crippen molar-refractivity contribution in [3.63, 3.8) is 0 Å². The normalized spacial score (nSPS) is 18.2. The van der Waals surface area contributed by atoms with Gasteiger partial charge >= 0.3 is 0 Å². The van der Waals surface area contributed by atoms with Crippen molar-refractivity contribution in [2.24, 2.45) is 5.92 Å². The van der Waals surface area contributed by atoms with E-state index in [1.54, 1.807) is 12.1 Å². The number of piperidine rings is 1. The number of rotatable bonds is 5. The average molecular weight is 389 g/mol. The Bertz CT molecular complexity index is 793. The Morgan fingerprint density at radius 3 is 2.70 bits per heavy atom. The molecule has 1 fully saturated rings. The second kappa shape index (κ2) is 8.75. The van der Waals surface area contributed by atoms with E-state index in [4.69, 9.17) is 11.6 Å². The number of benzene rings is 2. The summed E-state index contributed by atoms with van der Waals surface area (Å²) in [6.07, 6.45) is 2.53. The number of amides is 1. The number of carbonyl (C=O) groups is 1. The van der Waals surface area contributed by atoms with E-state index < -0.39 is 5.82 Å². The Hall–Kier alpha value is -2.07. The monoisotopic (exact) mass is 388 g/mol. The Morgan fingerprint density at radius 2 is 2.04 bits per heavy atom. The van der Waals surface area contributed by atoms with Crippen molar-refractivity contribution in [2.45, 2.75) is 39.2 Å². The summed E-state index contributed by atoms with van der Waals surface area (Å²) in [5, 5.41) is 3.27. The molecule has 2 aromatic carbocycles. The van der Waals surface area contributed by atoms with Crippen LogP contribution in [0.4, 0.5) is 10.1 Å². The second-order valence-corrected chi connectivity index (χ2v) is 7.92. The van der Waals surface area contributed by atoms with Crippen molar-refractivity contribution in [3.05, 3.63) is 64.4 Å². The molecule has 144 valence electrons. The molecule has 0 aliphatic carbocycles. The molecule has 3 nitrogen and oxygen atoms in total. The molecule has 0 saturated carbocycles. The Morgan fingerprint density at radius 1 is 1.30 bits per heavy atom. The Balaban J connectivity index is 1.58. The van der Waals surface area contributed by atoms with Gasteiger partial charge in [-0.1, -0.05) is 36.7 Å². The first kappa shape index (κ1) is 19.7. The van der Waals surface area contributed by atoms with Gasteiger partial charge in [-0.3, -0.25) is 4.79 Å². The Labute approximate surface area is 165 Å². The summed E-state index contributed by atoms with van der Waals surface area (Å²) in [6, 6.07) is 12.6. The van der Waals surface area contributed by atoms with E-state index >= 15 is 0 Å². The summed E-state index contributed by atoms with van der Waals surface area (Å²) in [5.74, 6) is 0.0629. The van der Waals surface area contributed by atoms with Crippen molar-refractivity contribution in [2.75, 3.05) is 18.0 Å². The maximum Gasteiger partial charge on any atom is 0.225 e. The lowest BCUT2D eigenvalue weighted by Crippen LogP contribution is -2.34. The van der Waals surface area contributed by atoms with Gasteiger partial charge in [-0.2, -0.15) is 0 Å². The molecule has 1 heterocycles. The van der Waals surface area contributed by atoms with Gasteiger partial charge in [-0.15, -0.1) is 0 Å².